The van der Waals surface area contributed by atoms with Gasteiger partial charge in [-0.25, -0.2) is 4.39 Å². The van der Waals surface area contributed by atoms with E-state index in [0.29, 0.717) is 18.5 Å². The number of aromatic nitrogens is 5. The fourth-order valence-corrected chi connectivity index (χ4v) is 4.64. The molecule has 0 unspecified atom stereocenters. The number of halogens is 1. The van der Waals surface area contributed by atoms with Crippen LogP contribution in [0.25, 0.3) is 16.8 Å². The highest BCUT2D eigenvalue weighted by molar-refractivity contribution is 6.01. The van der Waals surface area contributed by atoms with E-state index in [2.05, 4.69) is 27.4 Å². The first-order chi connectivity index (χ1) is 15.6. The van der Waals surface area contributed by atoms with Gasteiger partial charge in [0.05, 0.1) is 12.3 Å². The summed E-state index contributed by atoms with van der Waals surface area (Å²) < 4.78 is 18.9. The zero-order chi connectivity index (χ0) is 21.7. The molecule has 162 valence electrons. The summed E-state index contributed by atoms with van der Waals surface area (Å²) in [6.07, 6.45) is 9.56. The van der Waals surface area contributed by atoms with Crippen LogP contribution in [0.15, 0.2) is 60.1 Å². The highest BCUT2D eigenvalue weighted by atomic mass is 19.1. The highest BCUT2D eigenvalue weighted by Gasteiger charge is 2.37. The predicted octanol–water partition coefficient (Wildman–Crippen LogP) is 4.37. The molecule has 1 fully saturated rings. The van der Waals surface area contributed by atoms with Crippen molar-refractivity contribution in [1.82, 2.24) is 24.4 Å². The average molecular weight is 430 g/mol. The Balaban J connectivity index is 1.23. The molecular formula is C24H23FN6O. The maximum Gasteiger partial charge on any atom is 0.161 e. The van der Waals surface area contributed by atoms with Crippen molar-refractivity contribution in [1.29, 1.82) is 0 Å². The van der Waals surface area contributed by atoms with Crippen molar-refractivity contribution in [3.8, 4) is 11.1 Å². The fourth-order valence-electron chi connectivity index (χ4n) is 4.64. The lowest BCUT2D eigenvalue weighted by Crippen LogP contribution is -2.32. The molecule has 32 heavy (non-hydrogen) atoms. The standard InChI is InChI=1S/C24H23FN6O/c1-24(7-2-8-24)23-28-27-22-13-16(6-11-31(22)23)19-5-4-17(12-20(19)25)21-14-18(32-29-21)15-30-10-3-9-26-30/h3-6,9-13,18H,2,7-8,14-15H2,1H3/t18-/m1/s1. The zero-order valence-corrected chi connectivity index (χ0v) is 17.8. The minimum Gasteiger partial charge on any atom is -0.390 e. The lowest BCUT2D eigenvalue weighted by molar-refractivity contribution is 0.0698. The summed E-state index contributed by atoms with van der Waals surface area (Å²) in [7, 11) is 0. The SMILES string of the molecule is CC1(c2nnc3cc(-c4ccc(C5=NO[C@@H](Cn6cccn6)C5)cc4F)ccn23)CCC1. The van der Waals surface area contributed by atoms with Crippen molar-refractivity contribution in [2.45, 2.75) is 50.7 Å². The number of hydrogen-bond donors (Lipinski definition) is 0. The number of rotatable bonds is 5. The van der Waals surface area contributed by atoms with Gasteiger partial charge in [-0.05, 0) is 42.7 Å². The Kier molecular flexibility index (Phi) is 4.34. The second kappa shape index (κ2) is 7.25. The third-order valence-corrected chi connectivity index (χ3v) is 6.70. The van der Waals surface area contributed by atoms with E-state index in [-0.39, 0.29) is 17.3 Å². The second-order valence-electron chi connectivity index (χ2n) is 8.97. The van der Waals surface area contributed by atoms with E-state index in [4.69, 9.17) is 4.84 Å². The second-order valence-corrected chi connectivity index (χ2v) is 8.97. The summed E-state index contributed by atoms with van der Waals surface area (Å²) in [6.45, 7) is 2.84. The molecule has 0 bridgehead atoms. The molecule has 4 aromatic rings. The van der Waals surface area contributed by atoms with Crippen LogP contribution in [0.4, 0.5) is 4.39 Å². The first-order valence-electron chi connectivity index (χ1n) is 10.9. The van der Waals surface area contributed by atoms with Gasteiger partial charge >= 0.3 is 0 Å². The molecule has 0 amide bonds. The van der Waals surface area contributed by atoms with Gasteiger partial charge in [0.15, 0.2) is 11.8 Å². The van der Waals surface area contributed by atoms with Crippen molar-refractivity contribution in [2.24, 2.45) is 5.16 Å². The topological polar surface area (TPSA) is 69.6 Å². The molecule has 0 saturated heterocycles. The van der Waals surface area contributed by atoms with Crippen molar-refractivity contribution in [2.75, 3.05) is 0 Å². The Morgan fingerprint density at radius 3 is 2.78 bits per heavy atom. The number of pyridine rings is 1. The summed E-state index contributed by atoms with van der Waals surface area (Å²) in [6, 6.07) is 10.9. The summed E-state index contributed by atoms with van der Waals surface area (Å²) >= 11 is 0. The maximum absolute atomic E-state index is 15.1. The maximum atomic E-state index is 15.1. The van der Waals surface area contributed by atoms with Crippen LogP contribution >= 0.6 is 0 Å². The molecule has 8 heteroatoms. The lowest BCUT2D eigenvalue weighted by Gasteiger charge is -2.36. The number of hydrogen-bond acceptors (Lipinski definition) is 5. The Morgan fingerprint density at radius 2 is 2.03 bits per heavy atom. The van der Waals surface area contributed by atoms with Gasteiger partial charge in [0, 0.05) is 41.6 Å². The van der Waals surface area contributed by atoms with E-state index in [1.54, 1.807) is 12.3 Å². The summed E-state index contributed by atoms with van der Waals surface area (Å²) in [5.74, 6) is 0.695. The molecule has 0 N–H and O–H groups in total. The van der Waals surface area contributed by atoms with Crippen LogP contribution in [-0.2, 0) is 16.8 Å². The van der Waals surface area contributed by atoms with Crippen molar-refractivity contribution < 1.29 is 9.23 Å². The van der Waals surface area contributed by atoms with Gasteiger partial charge in [0.1, 0.15) is 11.6 Å². The highest BCUT2D eigenvalue weighted by Crippen LogP contribution is 2.42. The Morgan fingerprint density at radius 1 is 1.12 bits per heavy atom. The molecule has 3 aromatic heterocycles. The van der Waals surface area contributed by atoms with Gasteiger partial charge in [0.2, 0.25) is 0 Å². The smallest absolute Gasteiger partial charge is 0.161 e. The van der Waals surface area contributed by atoms with Gasteiger partial charge in [-0.15, -0.1) is 10.2 Å². The van der Waals surface area contributed by atoms with Crippen LogP contribution < -0.4 is 0 Å². The largest absolute Gasteiger partial charge is 0.390 e. The van der Waals surface area contributed by atoms with E-state index in [1.165, 1.54) is 12.5 Å². The van der Waals surface area contributed by atoms with E-state index < -0.39 is 0 Å². The molecular weight excluding hydrogens is 407 g/mol. The Labute approximate surface area is 184 Å². The summed E-state index contributed by atoms with van der Waals surface area (Å²) in [4.78, 5) is 5.53. The summed E-state index contributed by atoms with van der Waals surface area (Å²) in [5.41, 5.74) is 3.62. The van der Waals surface area contributed by atoms with E-state index in [9.17, 15) is 0 Å². The van der Waals surface area contributed by atoms with Gasteiger partial charge in [-0.3, -0.25) is 9.08 Å². The van der Waals surface area contributed by atoms with Crippen LogP contribution in [0, 0.1) is 5.82 Å². The first-order valence-corrected chi connectivity index (χ1v) is 10.9. The van der Waals surface area contributed by atoms with Crippen LogP contribution in [0.3, 0.4) is 0 Å². The van der Waals surface area contributed by atoms with Gasteiger partial charge in [-0.2, -0.15) is 5.10 Å². The molecule has 1 saturated carbocycles. The molecule has 1 atom stereocenters. The van der Waals surface area contributed by atoms with Crippen molar-refractivity contribution in [3.63, 3.8) is 0 Å². The minimum absolute atomic E-state index is 0.0905. The summed E-state index contributed by atoms with van der Waals surface area (Å²) in [5, 5.41) is 17.2. The quantitative estimate of drug-likeness (QED) is 0.472. The minimum atomic E-state index is -0.296. The molecule has 0 radical (unpaired) electrons. The first kappa shape index (κ1) is 19.2. The third-order valence-electron chi connectivity index (χ3n) is 6.70. The number of fused-ring (bicyclic) bond motifs is 1. The van der Waals surface area contributed by atoms with Crippen LogP contribution in [0.5, 0.6) is 0 Å². The number of nitrogens with zero attached hydrogens (tertiary/aromatic N) is 6. The third kappa shape index (κ3) is 3.18. The molecule has 1 aliphatic carbocycles. The fraction of sp³-hybridized carbons (Fsp3) is 0.333. The van der Waals surface area contributed by atoms with E-state index in [0.717, 1.165) is 41.2 Å². The Bertz CT molecular complexity index is 1320. The van der Waals surface area contributed by atoms with Gasteiger partial charge < -0.3 is 4.84 Å². The molecule has 1 aromatic carbocycles. The number of benzene rings is 1. The Hall–Kier alpha value is -3.55. The van der Waals surface area contributed by atoms with Crippen LogP contribution in [-0.4, -0.2) is 36.2 Å². The van der Waals surface area contributed by atoms with Crippen LogP contribution in [0.1, 0.15) is 44.0 Å². The van der Waals surface area contributed by atoms with Crippen LogP contribution in [0.2, 0.25) is 0 Å². The van der Waals surface area contributed by atoms with E-state index >= 15 is 4.39 Å². The molecule has 7 nitrogen and oxygen atoms in total. The normalized spacial score (nSPS) is 19.6. The lowest BCUT2D eigenvalue weighted by atomic mass is 9.70. The monoisotopic (exact) mass is 430 g/mol. The zero-order valence-electron chi connectivity index (χ0n) is 17.8. The predicted molar refractivity (Wildman–Crippen MR) is 118 cm³/mol. The molecule has 4 heterocycles. The van der Waals surface area contributed by atoms with Crippen molar-refractivity contribution >= 4 is 11.4 Å². The number of oxime groups is 1. The average Bonchev–Trinajstić information content (AvgIpc) is 3.53. The molecule has 6 rings (SSSR count). The molecule has 1 aliphatic heterocycles. The van der Waals surface area contributed by atoms with Gasteiger partial charge in [0.25, 0.3) is 0 Å². The van der Waals surface area contributed by atoms with Gasteiger partial charge in [-0.1, -0.05) is 30.6 Å². The van der Waals surface area contributed by atoms with Crippen molar-refractivity contribution in [3.05, 3.63) is 72.2 Å². The van der Waals surface area contributed by atoms with E-state index in [1.807, 2.05) is 45.7 Å². The molecule has 0 spiro atoms. The molecule has 2 aliphatic rings.